The molecule has 0 heterocycles. The van der Waals surface area contributed by atoms with Crippen molar-refractivity contribution in [1.29, 1.82) is 0 Å². The highest BCUT2D eigenvalue weighted by Crippen LogP contribution is 2.32. The van der Waals surface area contributed by atoms with Gasteiger partial charge >= 0.3 is 0 Å². The average Bonchev–Trinajstić information content (AvgIpc) is 2.42. The van der Waals surface area contributed by atoms with Gasteiger partial charge in [0.2, 0.25) is 0 Å². The topological polar surface area (TPSA) is 80.9 Å². The molecule has 0 aliphatic heterocycles. The first-order valence-electron chi connectivity index (χ1n) is 6.47. The molecule has 4 nitrogen and oxygen atoms in total. The Hall–Kier alpha value is -0.940. The summed E-state index contributed by atoms with van der Waals surface area (Å²) in [5.41, 5.74) is 4.62. The van der Waals surface area contributed by atoms with Crippen molar-refractivity contribution >= 4 is 0 Å². The van der Waals surface area contributed by atoms with Crippen LogP contribution >= 0.6 is 0 Å². The molecule has 0 spiro atoms. The van der Waals surface area contributed by atoms with E-state index >= 15 is 0 Å². The van der Waals surface area contributed by atoms with Crippen molar-refractivity contribution in [3.63, 3.8) is 0 Å². The molecule has 0 amide bonds. The van der Waals surface area contributed by atoms with Gasteiger partial charge in [0.1, 0.15) is 0 Å². The normalized spacial score (nSPS) is 9.95. The lowest BCUT2D eigenvalue weighted by Gasteiger charge is -2.22. The molecule has 0 saturated heterocycles. The molecule has 0 radical (unpaired) electrons. The Morgan fingerprint density at radius 2 is 0.947 bits per heavy atom. The van der Waals surface area contributed by atoms with Crippen molar-refractivity contribution in [2.24, 2.45) is 0 Å². The van der Waals surface area contributed by atoms with Gasteiger partial charge in [-0.2, -0.15) is 0 Å². The van der Waals surface area contributed by atoms with E-state index in [1.54, 1.807) is 5.56 Å². The van der Waals surface area contributed by atoms with E-state index in [9.17, 15) is 0 Å². The second-order valence-corrected chi connectivity index (χ2v) is 5.31. The average molecular weight is 272 g/mol. The van der Waals surface area contributed by atoms with Crippen molar-refractivity contribution < 1.29 is 21.0 Å². The lowest BCUT2D eigenvalue weighted by Crippen LogP contribution is -2.04. The number of hydrogen-bond acceptors (Lipinski definition) is 4. The number of benzene rings is 1. The minimum Gasteiger partial charge on any atom is -0.255 e. The van der Waals surface area contributed by atoms with Crippen LogP contribution in [0.1, 0.15) is 76.0 Å². The van der Waals surface area contributed by atoms with E-state index in [0.29, 0.717) is 17.8 Å². The van der Waals surface area contributed by atoms with Gasteiger partial charge in [-0.1, -0.05) is 59.7 Å². The quantitative estimate of drug-likeness (QED) is 0.456. The van der Waals surface area contributed by atoms with E-state index in [0.717, 1.165) is 0 Å². The Bertz CT molecular complexity index is 307. The van der Waals surface area contributed by atoms with Crippen LogP contribution in [0.3, 0.4) is 0 Å². The van der Waals surface area contributed by atoms with E-state index in [-0.39, 0.29) is 0 Å². The molecule has 4 N–H and O–H groups in total. The minimum absolute atomic E-state index is 0.626. The van der Waals surface area contributed by atoms with Crippen molar-refractivity contribution in [1.82, 2.24) is 0 Å². The Kier molecular flexibility index (Phi) is 11.7. The fourth-order valence-electron chi connectivity index (χ4n) is 2.28. The van der Waals surface area contributed by atoms with E-state index in [2.05, 4.69) is 59.7 Å². The van der Waals surface area contributed by atoms with Crippen molar-refractivity contribution in [2.75, 3.05) is 0 Å². The Morgan fingerprint density at radius 3 is 1.16 bits per heavy atom. The first kappa shape index (κ1) is 20.4. The van der Waals surface area contributed by atoms with Crippen LogP contribution in [0, 0.1) is 0 Å². The van der Waals surface area contributed by atoms with Crippen LogP contribution in [0.25, 0.3) is 0 Å². The monoisotopic (exact) mass is 272 g/mol. The first-order valence-corrected chi connectivity index (χ1v) is 6.47. The molecule has 0 unspecified atom stereocenters. The highest BCUT2D eigenvalue weighted by molar-refractivity contribution is 5.40. The molecule has 112 valence electrons. The maximum atomic E-state index is 6.00. The van der Waals surface area contributed by atoms with E-state index in [1.165, 1.54) is 11.1 Å². The molecule has 0 fully saturated rings. The van der Waals surface area contributed by atoms with Gasteiger partial charge < -0.3 is 0 Å². The molecule has 0 aromatic heterocycles. The third-order valence-electron chi connectivity index (χ3n) is 2.99. The summed E-state index contributed by atoms with van der Waals surface area (Å²) >= 11 is 0. The second-order valence-electron chi connectivity index (χ2n) is 5.31. The summed E-state index contributed by atoms with van der Waals surface area (Å²) in [4.78, 5) is 0. The SMILES string of the molecule is CC(C)c1cccc(C(C)C)c1C(C)C.OO.OO. The third-order valence-corrected chi connectivity index (χ3v) is 2.99. The standard InChI is InChI=1S/C15H24.2H2O2/c1-10(2)13-8-7-9-14(11(3)4)15(13)12(5)6;2*1-2/h7-12H,1-6H3;2*1-2H. The summed E-state index contributed by atoms with van der Waals surface area (Å²) in [6, 6.07) is 6.77. The Labute approximate surface area is 116 Å². The Morgan fingerprint density at radius 1 is 0.632 bits per heavy atom. The summed E-state index contributed by atoms with van der Waals surface area (Å²) in [5.74, 6) is 1.88. The predicted molar refractivity (Wildman–Crippen MR) is 79.2 cm³/mol. The van der Waals surface area contributed by atoms with Crippen molar-refractivity contribution in [3.05, 3.63) is 34.9 Å². The molecule has 4 heteroatoms. The van der Waals surface area contributed by atoms with Crippen LogP contribution in [0.15, 0.2) is 18.2 Å². The molecule has 0 bridgehead atoms. The molecular formula is C15H28O4. The molecule has 19 heavy (non-hydrogen) atoms. The van der Waals surface area contributed by atoms with Crippen LogP contribution in [0.5, 0.6) is 0 Å². The van der Waals surface area contributed by atoms with Gasteiger partial charge in [-0.3, -0.25) is 21.0 Å². The summed E-state index contributed by atoms with van der Waals surface area (Å²) in [6.45, 7) is 13.7. The van der Waals surface area contributed by atoms with Gasteiger partial charge in [-0.25, -0.2) is 0 Å². The highest BCUT2D eigenvalue weighted by Gasteiger charge is 2.15. The van der Waals surface area contributed by atoms with Gasteiger partial charge in [0, 0.05) is 0 Å². The number of hydrogen-bond donors (Lipinski definition) is 4. The zero-order valence-corrected chi connectivity index (χ0v) is 12.8. The van der Waals surface area contributed by atoms with Gasteiger partial charge in [0.05, 0.1) is 0 Å². The van der Waals surface area contributed by atoms with E-state index in [4.69, 9.17) is 21.0 Å². The molecule has 1 aromatic rings. The summed E-state index contributed by atoms with van der Waals surface area (Å²) in [5, 5.41) is 24.0. The molecule has 0 aliphatic rings. The molecule has 0 aliphatic carbocycles. The molecule has 0 atom stereocenters. The fourth-order valence-corrected chi connectivity index (χ4v) is 2.28. The fraction of sp³-hybridized carbons (Fsp3) is 0.600. The summed E-state index contributed by atoms with van der Waals surface area (Å²) in [6.07, 6.45) is 0. The first-order chi connectivity index (χ1) is 8.95. The molecule has 1 aromatic carbocycles. The molecule has 0 saturated carbocycles. The van der Waals surface area contributed by atoms with Crippen molar-refractivity contribution in [3.8, 4) is 0 Å². The van der Waals surface area contributed by atoms with Gasteiger partial charge in [-0.05, 0) is 34.4 Å². The lowest BCUT2D eigenvalue weighted by atomic mass is 9.83. The van der Waals surface area contributed by atoms with Crippen LogP contribution in [-0.4, -0.2) is 21.0 Å². The summed E-state index contributed by atoms with van der Waals surface area (Å²) in [7, 11) is 0. The Balaban J connectivity index is 0. The second kappa shape index (κ2) is 10.9. The van der Waals surface area contributed by atoms with Crippen LogP contribution in [0.4, 0.5) is 0 Å². The zero-order valence-electron chi connectivity index (χ0n) is 12.8. The number of rotatable bonds is 3. The van der Waals surface area contributed by atoms with Crippen LogP contribution in [-0.2, 0) is 0 Å². The smallest absolute Gasteiger partial charge is 0.0213 e. The van der Waals surface area contributed by atoms with Gasteiger partial charge in [-0.15, -0.1) is 0 Å². The van der Waals surface area contributed by atoms with E-state index in [1.807, 2.05) is 0 Å². The third kappa shape index (κ3) is 6.16. The van der Waals surface area contributed by atoms with Gasteiger partial charge in [0.15, 0.2) is 0 Å². The lowest BCUT2D eigenvalue weighted by molar-refractivity contribution is -0.176. The molecule has 1 rings (SSSR count). The minimum atomic E-state index is 0.626. The predicted octanol–water partition coefficient (Wildman–Crippen LogP) is 5.09. The van der Waals surface area contributed by atoms with E-state index < -0.39 is 0 Å². The van der Waals surface area contributed by atoms with Gasteiger partial charge in [0.25, 0.3) is 0 Å². The van der Waals surface area contributed by atoms with Crippen molar-refractivity contribution in [2.45, 2.75) is 59.3 Å². The maximum absolute atomic E-state index is 6.00. The maximum Gasteiger partial charge on any atom is -0.0213 e. The highest BCUT2D eigenvalue weighted by atomic mass is 17.0. The zero-order chi connectivity index (χ0) is 15.6. The van der Waals surface area contributed by atoms with Crippen LogP contribution in [0.2, 0.25) is 0 Å². The largest absolute Gasteiger partial charge is 0.255 e. The summed E-state index contributed by atoms with van der Waals surface area (Å²) < 4.78 is 0. The molecular weight excluding hydrogens is 244 g/mol. The van der Waals surface area contributed by atoms with Crippen LogP contribution < -0.4 is 0 Å².